The van der Waals surface area contributed by atoms with Crippen LogP contribution in [0.2, 0.25) is 0 Å². The zero-order valence-electron chi connectivity index (χ0n) is 6.18. The Kier molecular flexibility index (Phi) is 4.17. The van der Waals surface area contributed by atoms with Crippen molar-refractivity contribution in [1.29, 1.82) is 0 Å². The van der Waals surface area contributed by atoms with Gasteiger partial charge in [-0.15, -0.1) is 0 Å². The van der Waals surface area contributed by atoms with Crippen LogP contribution in [-0.4, -0.2) is 6.10 Å². The molecule has 0 aromatic rings. The van der Waals surface area contributed by atoms with Crippen LogP contribution in [0.1, 0.15) is 13.8 Å². The molecular weight excluding hydrogens is 130 g/mol. The Balaban J connectivity index is 3.33. The van der Waals surface area contributed by atoms with Gasteiger partial charge in [-0.1, -0.05) is 6.42 Å². The molecule has 1 N–H and O–H groups in total. The second kappa shape index (κ2) is 4.71. The molecule has 0 radical (unpaired) electrons. The first-order valence-corrected chi connectivity index (χ1v) is 2.90. The average molecular weight is 141 g/mol. The van der Waals surface area contributed by atoms with Gasteiger partial charge in [0.2, 0.25) is 5.88 Å². The fourth-order valence-corrected chi connectivity index (χ4v) is 0.276. The summed E-state index contributed by atoms with van der Waals surface area (Å²) in [6.45, 7) is 7.16. The SMILES string of the molecule is C#COC(=C)NOC(C)C. The molecule has 0 bridgehead atoms. The van der Waals surface area contributed by atoms with Crippen molar-refractivity contribution in [3.05, 3.63) is 12.5 Å². The minimum absolute atomic E-state index is 0.0677. The van der Waals surface area contributed by atoms with E-state index in [-0.39, 0.29) is 12.0 Å². The Hall–Kier alpha value is -1.14. The summed E-state index contributed by atoms with van der Waals surface area (Å²) in [6.07, 6.45) is 6.82. The molecule has 0 atom stereocenters. The molecule has 0 heterocycles. The van der Waals surface area contributed by atoms with Gasteiger partial charge in [-0.25, -0.2) is 5.48 Å². The minimum atomic E-state index is 0.0677. The van der Waals surface area contributed by atoms with Crippen molar-refractivity contribution in [1.82, 2.24) is 5.48 Å². The molecule has 0 amide bonds. The summed E-state index contributed by atoms with van der Waals surface area (Å²) >= 11 is 0. The van der Waals surface area contributed by atoms with Gasteiger partial charge in [0, 0.05) is 0 Å². The Morgan fingerprint density at radius 1 is 1.70 bits per heavy atom. The molecule has 0 aromatic carbocycles. The maximum Gasteiger partial charge on any atom is 0.221 e. The van der Waals surface area contributed by atoms with Gasteiger partial charge in [-0.3, -0.25) is 4.84 Å². The molecule has 0 fully saturated rings. The van der Waals surface area contributed by atoms with Crippen LogP contribution in [0.25, 0.3) is 0 Å². The number of ether oxygens (including phenoxy) is 1. The first-order valence-electron chi connectivity index (χ1n) is 2.90. The number of hydrogen-bond donors (Lipinski definition) is 1. The molecule has 0 aliphatic heterocycles. The zero-order valence-corrected chi connectivity index (χ0v) is 6.18. The van der Waals surface area contributed by atoms with Crippen molar-refractivity contribution in [2.24, 2.45) is 0 Å². The summed E-state index contributed by atoms with van der Waals surface area (Å²) in [5.74, 6) is 0.219. The van der Waals surface area contributed by atoms with Gasteiger partial charge in [-0.2, -0.15) is 0 Å². The van der Waals surface area contributed by atoms with E-state index in [0.29, 0.717) is 0 Å². The van der Waals surface area contributed by atoms with E-state index in [1.165, 1.54) is 0 Å². The number of terminal acetylenes is 1. The molecule has 0 aromatic heterocycles. The molecule has 0 saturated carbocycles. The number of hydroxylamine groups is 1. The van der Waals surface area contributed by atoms with Crippen LogP contribution in [0.15, 0.2) is 12.5 Å². The van der Waals surface area contributed by atoms with E-state index >= 15 is 0 Å². The van der Waals surface area contributed by atoms with E-state index in [1.807, 2.05) is 20.0 Å². The lowest BCUT2D eigenvalue weighted by molar-refractivity contribution is -0.00875. The van der Waals surface area contributed by atoms with Crippen molar-refractivity contribution < 1.29 is 9.57 Å². The minimum Gasteiger partial charge on any atom is -0.389 e. The number of rotatable bonds is 4. The Labute approximate surface area is 61.0 Å². The smallest absolute Gasteiger partial charge is 0.221 e. The van der Waals surface area contributed by atoms with E-state index < -0.39 is 0 Å². The van der Waals surface area contributed by atoms with Crippen LogP contribution < -0.4 is 5.48 Å². The first-order chi connectivity index (χ1) is 4.66. The van der Waals surface area contributed by atoms with Crippen LogP contribution in [0.5, 0.6) is 0 Å². The third-order valence-electron chi connectivity index (χ3n) is 0.591. The molecular formula is C7H11NO2. The fourth-order valence-electron chi connectivity index (χ4n) is 0.276. The van der Waals surface area contributed by atoms with Crippen LogP contribution in [-0.2, 0) is 9.57 Å². The summed E-state index contributed by atoms with van der Waals surface area (Å²) < 4.78 is 4.49. The molecule has 0 saturated heterocycles. The topological polar surface area (TPSA) is 30.5 Å². The highest BCUT2D eigenvalue weighted by atomic mass is 16.7. The third kappa shape index (κ3) is 5.01. The highest BCUT2D eigenvalue weighted by Crippen LogP contribution is 1.88. The van der Waals surface area contributed by atoms with E-state index in [9.17, 15) is 0 Å². The molecule has 3 nitrogen and oxygen atoms in total. The van der Waals surface area contributed by atoms with Crippen molar-refractivity contribution in [2.45, 2.75) is 20.0 Å². The summed E-state index contributed by atoms with van der Waals surface area (Å²) in [5, 5.41) is 0. The number of hydrogen-bond acceptors (Lipinski definition) is 3. The standard InChI is InChI=1S/C7H11NO2/c1-5-9-7(4)8-10-6(2)3/h1,6,8H,4H2,2-3H3. The Bertz CT molecular complexity index is 146. The monoisotopic (exact) mass is 141 g/mol. The predicted molar refractivity (Wildman–Crippen MR) is 38.4 cm³/mol. The molecule has 0 unspecified atom stereocenters. The molecule has 0 aliphatic carbocycles. The second-order valence-corrected chi connectivity index (χ2v) is 1.91. The zero-order chi connectivity index (χ0) is 7.98. The molecule has 56 valence electrons. The second-order valence-electron chi connectivity index (χ2n) is 1.91. The van der Waals surface area contributed by atoms with Crippen molar-refractivity contribution in [3.63, 3.8) is 0 Å². The highest BCUT2D eigenvalue weighted by Gasteiger charge is 1.93. The molecule has 0 aliphatic rings. The maximum atomic E-state index is 4.89. The van der Waals surface area contributed by atoms with E-state index in [1.54, 1.807) is 0 Å². The third-order valence-corrected chi connectivity index (χ3v) is 0.591. The van der Waals surface area contributed by atoms with Crippen molar-refractivity contribution in [3.8, 4) is 12.5 Å². The van der Waals surface area contributed by atoms with Crippen LogP contribution in [0, 0.1) is 12.5 Å². The van der Waals surface area contributed by atoms with Crippen LogP contribution in [0.3, 0.4) is 0 Å². The average Bonchev–Trinajstić information content (AvgIpc) is 1.85. The van der Waals surface area contributed by atoms with Crippen LogP contribution >= 0.6 is 0 Å². The van der Waals surface area contributed by atoms with Gasteiger partial charge in [0.25, 0.3) is 0 Å². The Morgan fingerprint density at radius 2 is 2.30 bits per heavy atom. The maximum absolute atomic E-state index is 4.89. The lowest BCUT2D eigenvalue weighted by Crippen LogP contribution is -2.18. The van der Waals surface area contributed by atoms with Crippen molar-refractivity contribution in [2.75, 3.05) is 0 Å². The molecule has 0 rings (SSSR count). The lowest BCUT2D eigenvalue weighted by Gasteiger charge is -2.08. The van der Waals surface area contributed by atoms with Gasteiger partial charge in [-0.05, 0) is 20.4 Å². The van der Waals surface area contributed by atoms with Gasteiger partial charge < -0.3 is 4.74 Å². The summed E-state index contributed by atoms with van der Waals surface area (Å²) in [4.78, 5) is 4.89. The lowest BCUT2D eigenvalue weighted by atomic mass is 10.5. The van der Waals surface area contributed by atoms with E-state index in [0.717, 1.165) is 0 Å². The van der Waals surface area contributed by atoms with E-state index in [4.69, 9.17) is 11.3 Å². The summed E-state index contributed by atoms with van der Waals surface area (Å²) in [6, 6.07) is 0. The fraction of sp³-hybridized carbons (Fsp3) is 0.429. The normalized spacial score (nSPS) is 8.60. The number of nitrogens with one attached hydrogen (secondary N) is 1. The largest absolute Gasteiger partial charge is 0.389 e. The van der Waals surface area contributed by atoms with Gasteiger partial charge >= 0.3 is 0 Å². The van der Waals surface area contributed by atoms with Gasteiger partial charge in [0.1, 0.15) is 6.11 Å². The molecule has 0 spiro atoms. The predicted octanol–water partition coefficient (Wildman–Crippen LogP) is 0.994. The van der Waals surface area contributed by atoms with Gasteiger partial charge in [0.15, 0.2) is 0 Å². The molecule has 10 heavy (non-hydrogen) atoms. The highest BCUT2D eigenvalue weighted by molar-refractivity contribution is 4.83. The quantitative estimate of drug-likeness (QED) is 0.360. The van der Waals surface area contributed by atoms with Gasteiger partial charge in [0.05, 0.1) is 6.10 Å². The first kappa shape index (κ1) is 8.86. The molecule has 3 heteroatoms. The van der Waals surface area contributed by atoms with E-state index in [2.05, 4.69) is 16.8 Å². The van der Waals surface area contributed by atoms with Crippen LogP contribution in [0.4, 0.5) is 0 Å². The van der Waals surface area contributed by atoms with Crippen molar-refractivity contribution >= 4 is 0 Å². The Morgan fingerprint density at radius 3 is 2.70 bits per heavy atom. The summed E-state index contributed by atoms with van der Waals surface area (Å²) in [7, 11) is 0. The summed E-state index contributed by atoms with van der Waals surface area (Å²) in [5.41, 5.74) is 2.42.